The third-order valence-corrected chi connectivity index (χ3v) is 4.23. The Labute approximate surface area is 153 Å². The highest BCUT2D eigenvalue weighted by Gasteiger charge is 2.20. The summed E-state index contributed by atoms with van der Waals surface area (Å²) in [7, 11) is 0. The fourth-order valence-corrected chi connectivity index (χ4v) is 2.95. The van der Waals surface area contributed by atoms with Crippen molar-refractivity contribution in [3.05, 3.63) is 72.5 Å². The molecule has 0 spiro atoms. The Morgan fingerprint density at radius 3 is 2.77 bits per heavy atom. The predicted molar refractivity (Wildman–Crippen MR) is 106 cm³/mol. The summed E-state index contributed by atoms with van der Waals surface area (Å²) in [6.45, 7) is 0.500. The molecule has 5 heteroatoms. The number of hydrogen-bond donors (Lipinski definition) is 2. The Morgan fingerprint density at radius 1 is 1.23 bits per heavy atom. The summed E-state index contributed by atoms with van der Waals surface area (Å²) in [6.07, 6.45) is 10.7. The number of nitrogens with one attached hydrogen (secondary N) is 1. The molecule has 1 unspecified atom stereocenters. The van der Waals surface area contributed by atoms with E-state index in [-0.39, 0.29) is 5.92 Å². The van der Waals surface area contributed by atoms with Crippen LogP contribution in [-0.2, 0) is 0 Å². The third-order valence-electron chi connectivity index (χ3n) is 4.23. The highest BCUT2D eigenvalue weighted by molar-refractivity contribution is 5.98. The number of aromatic nitrogens is 1. The minimum absolute atomic E-state index is 0.167. The van der Waals surface area contributed by atoms with Crippen LogP contribution in [0.15, 0.2) is 71.9 Å². The van der Waals surface area contributed by atoms with Crippen LogP contribution in [0.5, 0.6) is 11.6 Å². The zero-order valence-corrected chi connectivity index (χ0v) is 14.5. The number of benzene rings is 1. The Balaban J connectivity index is 1.75. The van der Waals surface area contributed by atoms with Gasteiger partial charge in [-0.05, 0) is 35.8 Å². The monoisotopic (exact) mass is 346 g/mol. The predicted octanol–water partition coefficient (Wildman–Crippen LogP) is 4.23. The number of nitrogens with zero attached hydrogens (tertiary/aromatic N) is 2. The van der Waals surface area contributed by atoms with Crippen molar-refractivity contribution in [1.29, 1.82) is 5.41 Å². The first-order valence-corrected chi connectivity index (χ1v) is 8.60. The lowest BCUT2D eigenvalue weighted by Gasteiger charge is -2.22. The zero-order valence-electron chi connectivity index (χ0n) is 14.5. The summed E-state index contributed by atoms with van der Waals surface area (Å²) in [5, 5.41) is 7.23. The molecule has 1 aromatic carbocycles. The number of rotatable bonds is 6. The number of hydrogen-bond acceptors (Lipinski definition) is 4. The minimum atomic E-state index is 0.167. The van der Waals surface area contributed by atoms with Crippen LogP contribution in [0.25, 0.3) is 5.57 Å². The fraction of sp³-hybridized carbons (Fsp3) is 0.190. The SMILES string of the molecule is N=C/N=C1\CC=C(c2ccc(Oc3ccccc3)nc2)CC1/C=C/CN. The number of para-hydroxylation sites is 1. The van der Waals surface area contributed by atoms with Crippen molar-refractivity contribution in [1.82, 2.24) is 4.98 Å². The quantitative estimate of drug-likeness (QED) is 0.466. The minimum Gasteiger partial charge on any atom is -0.439 e. The van der Waals surface area contributed by atoms with Crippen molar-refractivity contribution in [3.63, 3.8) is 0 Å². The molecule has 3 rings (SSSR count). The molecule has 0 amide bonds. The van der Waals surface area contributed by atoms with Gasteiger partial charge in [-0.15, -0.1) is 0 Å². The molecule has 0 saturated carbocycles. The van der Waals surface area contributed by atoms with Gasteiger partial charge in [0.2, 0.25) is 5.88 Å². The lowest BCUT2D eigenvalue weighted by molar-refractivity contribution is 0.463. The van der Waals surface area contributed by atoms with Gasteiger partial charge in [0.1, 0.15) is 12.1 Å². The first-order chi connectivity index (χ1) is 12.8. The zero-order chi connectivity index (χ0) is 18.2. The lowest BCUT2D eigenvalue weighted by Crippen LogP contribution is -2.17. The molecular weight excluding hydrogens is 324 g/mol. The van der Waals surface area contributed by atoms with Crippen molar-refractivity contribution in [2.45, 2.75) is 12.8 Å². The maximum atomic E-state index is 7.23. The van der Waals surface area contributed by atoms with Crippen LogP contribution in [0.3, 0.4) is 0 Å². The highest BCUT2D eigenvalue weighted by atomic mass is 16.5. The largest absolute Gasteiger partial charge is 0.439 e. The van der Waals surface area contributed by atoms with Gasteiger partial charge in [-0.25, -0.2) is 9.98 Å². The van der Waals surface area contributed by atoms with Gasteiger partial charge in [0.15, 0.2) is 0 Å². The van der Waals surface area contributed by atoms with Crippen molar-refractivity contribution < 1.29 is 4.74 Å². The first-order valence-electron chi connectivity index (χ1n) is 8.60. The lowest BCUT2D eigenvalue weighted by atomic mass is 9.84. The van der Waals surface area contributed by atoms with E-state index in [1.807, 2.05) is 54.7 Å². The van der Waals surface area contributed by atoms with E-state index in [0.29, 0.717) is 12.4 Å². The fourth-order valence-electron chi connectivity index (χ4n) is 2.95. The summed E-state index contributed by atoms with van der Waals surface area (Å²) in [5.74, 6) is 1.51. The Kier molecular flexibility index (Phi) is 6.06. The maximum Gasteiger partial charge on any atom is 0.219 e. The van der Waals surface area contributed by atoms with Crippen LogP contribution in [0.2, 0.25) is 0 Å². The average molecular weight is 346 g/mol. The number of pyridine rings is 1. The molecule has 1 heterocycles. The molecule has 5 nitrogen and oxygen atoms in total. The van der Waals surface area contributed by atoms with E-state index in [9.17, 15) is 0 Å². The number of aliphatic imine (C=N–C) groups is 1. The summed E-state index contributed by atoms with van der Waals surface area (Å²) in [6, 6.07) is 13.5. The molecule has 1 aliphatic carbocycles. The van der Waals surface area contributed by atoms with E-state index in [4.69, 9.17) is 15.9 Å². The van der Waals surface area contributed by atoms with Gasteiger partial charge in [0.05, 0.1) is 0 Å². The second-order valence-electron chi connectivity index (χ2n) is 5.96. The van der Waals surface area contributed by atoms with Gasteiger partial charge in [0, 0.05) is 36.9 Å². The molecule has 0 aliphatic heterocycles. The molecule has 132 valence electrons. The molecule has 1 aromatic heterocycles. The molecule has 26 heavy (non-hydrogen) atoms. The smallest absolute Gasteiger partial charge is 0.219 e. The molecule has 0 radical (unpaired) electrons. The van der Waals surface area contributed by atoms with Crippen molar-refractivity contribution in [2.24, 2.45) is 16.6 Å². The summed E-state index contributed by atoms with van der Waals surface area (Å²) in [5.41, 5.74) is 8.87. The maximum absolute atomic E-state index is 7.23. The number of allylic oxidation sites excluding steroid dienone is 3. The van der Waals surface area contributed by atoms with Crippen molar-refractivity contribution in [2.75, 3.05) is 6.54 Å². The van der Waals surface area contributed by atoms with Gasteiger partial charge in [0.25, 0.3) is 0 Å². The van der Waals surface area contributed by atoms with Gasteiger partial charge in [-0.1, -0.05) is 36.4 Å². The van der Waals surface area contributed by atoms with Crippen LogP contribution >= 0.6 is 0 Å². The third kappa shape index (κ3) is 4.52. The molecule has 0 bridgehead atoms. The van der Waals surface area contributed by atoms with Gasteiger partial charge in [-0.2, -0.15) is 0 Å². The van der Waals surface area contributed by atoms with Gasteiger partial charge in [-0.3, -0.25) is 5.41 Å². The normalized spacial score (nSPS) is 18.7. The Hall–Kier alpha value is -3.05. The molecule has 0 saturated heterocycles. The van der Waals surface area contributed by atoms with Gasteiger partial charge < -0.3 is 10.5 Å². The molecule has 1 aliphatic rings. The molecule has 3 N–H and O–H groups in total. The summed E-state index contributed by atoms with van der Waals surface area (Å²) < 4.78 is 5.74. The summed E-state index contributed by atoms with van der Waals surface area (Å²) in [4.78, 5) is 8.62. The van der Waals surface area contributed by atoms with Gasteiger partial charge >= 0.3 is 0 Å². The van der Waals surface area contributed by atoms with E-state index >= 15 is 0 Å². The first kappa shape index (κ1) is 17.8. The second-order valence-corrected chi connectivity index (χ2v) is 5.96. The van der Waals surface area contributed by atoms with E-state index in [2.05, 4.69) is 22.1 Å². The second kappa shape index (κ2) is 8.87. The van der Waals surface area contributed by atoms with E-state index in [0.717, 1.165) is 36.2 Å². The van der Waals surface area contributed by atoms with Crippen LogP contribution in [0, 0.1) is 11.3 Å². The van der Waals surface area contributed by atoms with E-state index in [1.54, 1.807) is 0 Å². The Bertz CT molecular complexity index is 823. The van der Waals surface area contributed by atoms with Crippen LogP contribution in [-0.4, -0.2) is 23.6 Å². The van der Waals surface area contributed by atoms with Crippen LogP contribution in [0.1, 0.15) is 18.4 Å². The van der Waals surface area contributed by atoms with Crippen LogP contribution in [0.4, 0.5) is 0 Å². The average Bonchev–Trinajstić information content (AvgIpc) is 2.69. The van der Waals surface area contributed by atoms with Crippen molar-refractivity contribution >= 4 is 17.6 Å². The number of nitrogens with two attached hydrogens (primary N) is 1. The highest BCUT2D eigenvalue weighted by Crippen LogP contribution is 2.31. The van der Waals surface area contributed by atoms with Crippen LogP contribution < -0.4 is 10.5 Å². The van der Waals surface area contributed by atoms with Crippen molar-refractivity contribution in [3.8, 4) is 11.6 Å². The molecular formula is C21H22N4O. The topological polar surface area (TPSA) is 84.3 Å². The molecule has 0 fully saturated rings. The molecule has 1 atom stereocenters. The molecule has 2 aromatic rings. The van der Waals surface area contributed by atoms with E-state index < -0.39 is 0 Å². The Morgan fingerprint density at radius 2 is 2.08 bits per heavy atom. The summed E-state index contributed by atoms with van der Waals surface area (Å²) >= 11 is 0. The van der Waals surface area contributed by atoms with E-state index in [1.165, 1.54) is 5.57 Å². The number of ether oxygens (including phenoxy) is 1. The standard InChI is InChI=1S/C21H22N4O/c22-12-4-5-17-13-16(8-10-20(17)25-15-23)18-9-11-21(24-14-18)26-19-6-2-1-3-7-19/h1-9,11,14-15,17,23H,10,12-13,22H2/b5-4+,23-15?,25-20+.